The van der Waals surface area contributed by atoms with Crippen molar-refractivity contribution in [2.75, 3.05) is 46.4 Å². The van der Waals surface area contributed by atoms with Crippen LogP contribution in [0.4, 0.5) is 0 Å². The topological polar surface area (TPSA) is 85.7 Å². The van der Waals surface area contributed by atoms with E-state index in [-0.39, 0.29) is 17.7 Å². The smallest absolute Gasteiger partial charge is 0.255 e. The first-order valence-corrected chi connectivity index (χ1v) is 10.4. The van der Waals surface area contributed by atoms with Crippen LogP contribution in [0, 0.1) is 17.2 Å². The summed E-state index contributed by atoms with van der Waals surface area (Å²) in [5.41, 5.74) is 0.914. The summed E-state index contributed by atoms with van der Waals surface area (Å²) < 4.78 is 5.00. The lowest BCUT2D eigenvalue weighted by molar-refractivity contribution is -0.127. The van der Waals surface area contributed by atoms with E-state index in [2.05, 4.69) is 16.3 Å². The highest BCUT2D eigenvalue weighted by atomic mass is 16.5. The molecule has 2 aliphatic heterocycles. The molecule has 1 N–H and O–H groups in total. The third-order valence-electron chi connectivity index (χ3n) is 5.98. The lowest BCUT2D eigenvalue weighted by Gasteiger charge is -2.42. The molecule has 0 unspecified atom stereocenters. The highest BCUT2D eigenvalue weighted by Crippen LogP contribution is 2.25. The van der Waals surface area contributed by atoms with Crippen molar-refractivity contribution in [3.8, 4) is 6.07 Å². The van der Waals surface area contributed by atoms with Gasteiger partial charge in [0, 0.05) is 39.3 Å². The van der Waals surface area contributed by atoms with Gasteiger partial charge in [0.15, 0.2) is 0 Å². The van der Waals surface area contributed by atoms with Gasteiger partial charge >= 0.3 is 0 Å². The van der Waals surface area contributed by atoms with Gasteiger partial charge in [-0.1, -0.05) is 12.1 Å². The van der Waals surface area contributed by atoms with Crippen LogP contribution >= 0.6 is 0 Å². The highest BCUT2D eigenvalue weighted by Gasteiger charge is 2.32. The van der Waals surface area contributed by atoms with E-state index in [9.17, 15) is 14.9 Å². The Morgan fingerprint density at radius 2 is 1.97 bits per heavy atom. The summed E-state index contributed by atoms with van der Waals surface area (Å²) >= 11 is 0. The molecule has 0 saturated carbocycles. The van der Waals surface area contributed by atoms with Gasteiger partial charge in [-0.25, -0.2) is 0 Å². The Bertz CT molecular complexity index is 753. The summed E-state index contributed by atoms with van der Waals surface area (Å²) in [5.74, 6) is 0.0879. The Morgan fingerprint density at radius 3 is 2.69 bits per heavy atom. The molecule has 1 aromatic carbocycles. The minimum atomic E-state index is -0.0605. The maximum Gasteiger partial charge on any atom is 0.255 e. The van der Waals surface area contributed by atoms with Crippen LogP contribution in [0.5, 0.6) is 0 Å². The van der Waals surface area contributed by atoms with Gasteiger partial charge in [-0.2, -0.15) is 5.26 Å². The number of rotatable bonds is 6. The van der Waals surface area contributed by atoms with E-state index in [0.29, 0.717) is 43.4 Å². The molecule has 2 fully saturated rings. The Hall–Kier alpha value is -2.43. The van der Waals surface area contributed by atoms with Crippen LogP contribution in [-0.2, 0) is 9.53 Å². The van der Waals surface area contributed by atoms with Crippen LogP contribution in [0.1, 0.15) is 41.6 Å². The quantitative estimate of drug-likeness (QED) is 0.737. The monoisotopic (exact) mass is 398 g/mol. The number of nitriles is 1. The van der Waals surface area contributed by atoms with Crippen molar-refractivity contribution < 1.29 is 14.3 Å². The number of likely N-dealkylation sites (tertiary alicyclic amines) is 2. The first-order chi connectivity index (χ1) is 14.1. The molecule has 156 valence electrons. The Balaban J connectivity index is 1.52. The molecule has 7 heteroatoms. The summed E-state index contributed by atoms with van der Waals surface area (Å²) in [7, 11) is 1.63. The molecule has 2 saturated heterocycles. The van der Waals surface area contributed by atoms with Crippen molar-refractivity contribution in [3.63, 3.8) is 0 Å². The number of hydrogen-bond donors (Lipinski definition) is 1. The number of hydrogen-bond acceptors (Lipinski definition) is 5. The number of nitrogens with one attached hydrogen (secondary N) is 1. The summed E-state index contributed by atoms with van der Waals surface area (Å²) in [4.78, 5) is 29.5. The zero-order valence-electron chi connectivity index (χ0n) is 17.1. The van der Waals surface area contributed by atoms with Gasteiger partial charge in [-0.3, -0.25) is 14.5 Å². The van der Waals surface area contributed by atoms with E-state index in [1.54, 1.807) is 31.4 Å². The second-order valence-electron chi connectivity index (χ2n) is 7.80. The van der Waals surface area contributed by atoms with E-state index in [0.717, 1.165) is 38.8 Å². The number of nitrogens with zero attached hydrogens (tertiary/aromatic N) is 3. The molecule has 1 atom stereocenters. The molecule has 1 aromatic rings. The Kier molecular flexibility index (Phi) is 7.62. The molecule has 0 radical (unpaired) electrons. The molecule has 29 heavy (non-hydrogen) atoms. The average Bonchev–Trinajstić information content (AvgIpc) is 2.79. The molecule has 2 aliphatic rings. The number of ether oxygens (including phenoxy) is 1. The molecule has 2 heterocycles. The third-order valence-corrected chi connectivity index (χ3v) is 5.98. The van der Waals surface area contributed by atoms with Crippen LogP contribution < -0.4 is 5.32 Å². The number of carbonyl (C=O) groups is 2. The van der Waals surface area contributed by atoms with E-state index in [1.165, 1.54) is 0 Å². The van der Waals surface area contributed by atoms with Crippen LogP contribution in [-0.4, -0.2) is 74.1 Å². The number of piperidine rings is 2. The van der Waals surface area contributed by atoms with E-state index in [1.807, 2.05) is 4.90 Å². The van der Waals surface area contributed by atoms with Crippen molar-refractivity contribution in [1.82, 2.24) is 15.1 Å². The maximum atomic E-state index is 12.8. The lowest BCUT2D eigenvalue weighted by Crippen LogP contribution is -2.51. The summed E-state index contributed by atoms with van der Waals surface area (Å²) in [5, 5.41) is 12.2. The van der Waals surface area contributed by atoms with Crippen molar-refractivity contribution >= 4 is 11.8 Å². The molecule has 7 nitrogen and oxygen atoms in total. The first kappa shape index (κ1) is 21.3. The van der Waals surface area contributed by atoms with Gasteiger partial charge in [0.2, 0.25) is 5.91 Å². The van der Waals surface area contributed by atoms with Crippen LogP contribution in [0.25, 0.3) is 0 Å². The predicted molar refractivity (Wildman–Crippen MR) is 109 cm³/mol. The van der Waals surface area contributed by atoms with Gasteiger partial charge in [0.1, 0.15) is 0 Å². The first-order valence-electron chi connectivity index (χ1n) is 10.4. The summed E-state index contributed by atoms with van der Waals surface area (Å²) in [6.45, 7) is 4.25. The third kappa shape index (κ3) is 5.34. The second kappa shape index (κ2) is 10.4. The van der Waals surface area contributed by atoms with Crippen molar-refractivity contribution in [2.45, 2.75) is 31.7 Å². The van der Waals surface area contributed by atoms with Crippen LogP contribution in [0.15, 0.2) is 24.3 Å². The highest BCUT2D eigenvalue weighted by molar-refractivity contribution is 5.96. The standard InChI is InChI=1S/C22H30N4O3/c1-29-14-10-24-21(27)18-6-4-11-26(16-18)19-8-12-25(13-9-19)22(28)20-7-3-2-5-17(20)15-23/h2-3,5,7,18-19H,4,6,8-14,16H2,1H3,(H,24,27)/t18-/m0/s1. The fraction of sp³-hybridized carbons (Fsp3) is 0.591. The normalized spacial score (nSPS) is 20.8. The summed E-state index contributed by atoms with van der Waals surface area (Å²) in [6, 6.07) is 9.50. The summed E-state index contributed by atoms with van der Waals surface area (Å²) in [6.07, 6.45) is 3.76. The van der Waals surface area contributed by atoms with Gasteiger partial charge in [-0.05, 0) is 44.4 Å². The number of benzene rings is 1. The largest absolute Gasteiger partial charge is 0.383 e. The van der Waals surface area contributed by atoms with Crippen molar-refractivity contribution in [2.24, 2.45) is 5.92 Å². The van der Waals surface area contributed by atoms with Crippen molar-refractivity contribution in [1.29, 1.82) is 5.26 Å². The minimum Gasteiger partial charge on any atom is -0.383 e. The molecular formula is C22H30N4O3. The molecule has 0 aromatic heterocycles. The molecule has 0 aliphatic carbocycles. The Labute approximate surface area is 172 Å². The molecule has 0 spiro atoms. The second-order valence-corrected chi connectivity index (χ2v) is 7.80. The zero-order valence-corrected chi connectivity index (χ0v) is 17.1. The van der Waals surface area contributed by atoms with Crippen LogP contribution in [0.2, 0.25) is 0 Å². The Morgan fingerprint density at radius 1 is 1.21 bits per heavy atom. The SMILES string of the molecule is COCCNC(=O)[C@H]1CCCN(C2CCN(C(=O)c3ccccc3C#N)CC2)C1. The number of amides is 2. The van der Waals surface area contributed by atoms with Crippen molar-refractivity contribution in [3.05, 3.63) is 35.4 Å². The molecule has 3 rings (SSSR count). The molecule has 2 amide bonds. The van der Waals surface area contributed by atoms with Crippen LogP contribution in [0.3, 0.4) is 0 Å². The fourth-order valence-electron chi connectivity index (χ4n) is 4.34. The predicted octanol–water partition coefficient (Wildman–Crippen LogP) is 1.64. The van der Waals surface area contributed by atoms with Gasteiger partial charge in [-0.15, -0.1) is 0 Å². The number of carbonyl (C=O) groups excluding carboxylic acids is 2. The number of methoxy groups -OCH3 is 1. The minimum absolute atomic E-state index is 0.0303. The van der Waals surface area contributed by atoms with Gasteiger partial charge < -0.3 is 15.0 Å². The van der Waals surface area contributed by atoms with E-state index in [4.69, 9.17) is 4.74 Å². The zero-order chi connectivity index (χ0) is 20.6. The van der Waals surface area contributed by atoms with E-state index < -0.39 is 0 Å². The van der Waals surface area contributed by atoms with E-state index >= 15 is 0 Å². The molecular weight excluding hydrogens is 368 g/mol. The van der Waals surface area contributed by atoms with Gasteiger partial charge in [0.05, 0.1) is 29.7 Å². The molecule has 0 bridgehead atoms. The fourth-order valence-corrected chi connectivity index (χ4v) is 4.34. The van der Waals surface area contributed by atoms with Gasteiger partial charge in [0.25, 0.3) is 5.91 Å². The average molecular weight is 399 g/mol. The maximum absolute atomic E-state index is 12.8. The lowest BCUT2D eigenvalue weighted by atomic mass is 9.93.